The first kappa shape index (κ1) is 9.96. The van der Waals surface area contributed by atoms with E-state index in [0.29, 0.717) is 5.76 Å². The number of halogens is 1. The van der Waals surface area contributed by atoms with Gasteiger partial charge >= 0.3 is 0 Å². The zero-order valence-electron chi connectivity index (χ0n) is 8.76. The number of hydrogen-bond donors (Lipinski definition) is 0. The van der Waals surface area contributed by atoms with Crippen molar-refractivity contribution in [1.29, 1.82) is 0 Å². The van der Waals surface area contributed by atoms with Gasteiger partial charge < -0.3 is 4.74 Å². The predicted octanol–water partition coefficient (Wildman–Crippen LogP) is 2.48. The van der Waals surface area contributed by atoms with Gasteiger partial charge in [0.1, 0.15) is 0 Å². The Morgan fingerprint density at radius 3 is 2.71 bits per heavy atom. The van der Waals surface area contributed by atoms with Crippen molar-refractivity contribution < 1.29 is 13.9 Å². The number of carbonyl (C=O) groups is 1. The lowest BCUT2D eigenvalue weighted by Gasteiger charge is -2.09. The zero-order chi connectivity index (χ0) is 11.8. The van der Waals surface area contributed by atoms with Gasteiger partial charge in [-0.15, -0.1) is 0 Å². The molecular weight excluding hydrogens is 221 g/mol. The molecule has 3 nitrogen and oxygen atoms in total. The molecule has 1 heterocycles. The van der Waals surface area contributed by atoms with Crippen LogP contribution in [0.1, 0.15) is 11.8 Å². The van der Waals surface area contributed by atoms with Crippen molar-refractivity contribution in [3.8, 4) is 0 Å². The second kappa shape index (κ2) is 3.66. The summed E-state index contributed by atoms with van der Waals surface area (Å²) in [6, 6.07) is 9.29. The van der Waals surface area contributed by atoms with Crippen molar-refractivity contribution in [2.75, 3.05) is 0 Å². The molecule has 1 aliphatic heterocycles. The molecule has 3 rings (SSSR count). The molecule has 0 saturated heterocycles. The summed E-state index contributed by atoms with van der Waals surface area (Å²) in [5.74, 6) is -1.17. The normalized spacial score (nSPS) is 22.3. The van der Waals surface area contributed by atoms with Gasteiger partial charge in [-0.05, 0) is 12.2 Å². The first-order chi connectivity index (χ1) is 8.25. The van der Waals surface area contributed by atoms with Crippen LogP contribution in [0.4, 0.5) is 4.39 Å². The number of rotatable bonds is 1. The lowest BCUT2D eigenvalue weighted by molar-refractivity contribution is -0.111. The fourth-order valence-corrected chi connectivity index (χ4v) is 1.77. The second-order valence-electron chi connectivity index (χ2n) is 3.73. The van der Waals surface area contributed by atoms with Gasteiger partial charge in [-0.25, -0.2) is 9.38 Å². The molecule has 0 N–H and O–H groups in total. The Morgan fingerprint density at radius 2 is 1.94 bits per heavy atom. The highest BCUT2D eigenvalue weighted by Crippen LogP contribution is 2.32. The molecule has 4 heteroatoms. The van der Waals surface area contributed by atoms with E-state index in [-0.39, 0.29) is 5.71 Å². The van der Waals surface area contributed by atoms with Crippen LogP contribution >= 0.6 is 0 Å². The van der Waals surface area contributed by atoms with Gasteiger partial charge in [0.05, 0.1) is 0 Å². The van der Waals surface area contributed by atoms with Crippen LogP contribution in [0.2, 0.25) is 0 Å². The minimum atomic E-state index is -0.801. The van der Waals surface area contributed by atoms with Gasteiger partial charge in [0.15, 0.2) is 17.3 Å². The fourth-order valence-electron chi connectivity index (χ4n) is 1.77. The fraction of sp³-hybridized carbons (Fsp3) is 0.0769. The van der Waals surface area contributed by atoms with E-state index in [1.165, 1.54) is 6.08 Å². The summed E-state index contributed by atoms with van der Waals surface area (Å²) in [5, 5.41) is 0. The Morgan fingerprint density at radius 1 is 1.18 bits per heavy atom. The first-order valence-electron chi connectivity index (χ1n) is 5.17. The van der Waals surface area contributed by atoms with Gasteiger partial charge in [0, 0.05) is 5.56 Å². The molecule has 1 aromatic carbocycles. The molecule has 0 amide bonds. The van der Waals surface area contributed by atoms with E-state index in [9.17, 15) is 9.18 Å². The number of fused-ring (bicyclic) bond motifs is 1. The minimum Gasteiger partial charge on any atom is -0.462 e. The standard InChI is InChI=1S/C13H8FNO2/c14-9-6-7-10-11(12(9)16)15-13(17-10)8-4-2-1-3-5-8/h1-7,13H. The van der Waals surface area contributed by atoms with Crippen LogP contribution in [-0.4, -0.2) is 11.5 Å². The number of aliphatic imine (C=N–C) groups is 1. The van der Waals surface area contributed by atoms with Crippen LogP contribution in [0, 0.1) is 0 Å². The maximum atomic E-state index is 13.1. The molecule has 1 atom stereocenters. The van der Waals surface area contributed by atoms with Crippen LogP contribution in [-0.2, 0) is 9.53 Å². The molecule has 0 spiro atoms. The molecule has 1 aliphatic carbocycles. The van der Waals surface area contributed by atoms with Crippen LogP contribution in [0.5, 0.6) is 0 Å². The smallest absolute Gasteiger partial charge is 0.243 e. The minimum absolute atomic E-state index is 0.0684. The molecule has 0 fully saturated rings. The number of nitrogens with zero attached hydrogens (tertiary/aromatic N) is 1. The van der Waals surface area contributed by atoms with E-state index in [4.69, 9.17) is 4.74 Å². The highest BCUT2D eigenvalue weighted by atomic mass is 19.1. The summed E-state index contributed by atoms with van der Waals surface area (Å²) in [5.41, 5.74) is 0.905. The van der Waals surface area contributed by atoms with Crippen molar-refractivity contribution in [3.63, 3.8) is 0 Å². The van der Waals surface area contributed by atoms with Crippen LogP contribution in [0.15, 0.2) is 59.1 Å². The third kappa shape index (κ3) is 1.58. The second-order valence-corrected chi connectivity index (χ2v) is 3.73. The van der Waals surface area contributed by atoms with E-state index < -0.39 is 17.8 Å². The van der Waals surface area contributed by atoms with Crippen LogP contribution in [0.3, 0.4) is 0 Å². The highest BCUT2D eigenvalue weighted by Gasteiger charge is 2.33. The molecule has 1 unspecified atom stereocenters. The SMILES string of the molecule is O=C1C(F)=CC=C2OC(c3ccccc3)N=C12. The number of allylic oxidation sites excluding steroid dienone is 4. The number of hydrogen-bond acceptors (Lipinski definition) is 3. The van der Waals surface area contributed by atoms with E-state index in [0.717, 1.165) is 11.6 Å². The molecule has 0 radical (unpaired) electrons. The Kier molecular flexibility index (Phi) is 2.14. The monoisotopic (exact) mass is 229 g/mol. The maximum Gasteiger partial charge on any atom is 0.243 e. The summed E-state index contributed by atoms with van der Waals surface area (Å²) in [7, 11) is 0. The quantitative estimate of drug-likeness (QED) is 0.694. The number of benzene rings is 1. The average Bonchev–Trinajstić information content (AvgIpc) is 2.80. The van der Waals surface area contributed by atoms with Gasteiger partial charge in [-0.2, -0.15) is 0 Å². The highest BCUT2D eigenvalue weighted by molar-refractivity contribution is 6.51. The van der Waals surface area contributed by atoms with Gasteiger partial charge in [0.2, 0.25) is 12.0 Å². The van der Waals surface area contributed by atoms with Crippen molar-refractivity contribution >= 4 is 11.5 Å². The molecule has 0 aromatic heterocycles. The Balaban J connectivity index is 1.97. The maximum absolute atomic E-state index is 13.1. The first-order valence-corrected chi connectivity index (χ1v) is 5.17. The van der Waals surface area contributed by atoms with E-state index in [2.05, 4.69) is 4.99 Å². The number of Topliss-reactive ketones (excluding diaryl/α,β-unsaturated/α-hetero) is 1. The van der Waals surface area contributed by atoms with E-state index in [1.54, 1.807) is 0 Å². The zero-order valence-corrected chi connectivity index (χ0v) is 8.76. The van der Waals surface area contributed by atoms with E-state index >= 15 is 0 Å². The number of ketones is 1. The van der Waals surface area contributed by atoms with Crippen LogP contribution < -0.4 is 0 Å². The Bertz CT molecular complexity index is 572. The van der Waals surface area contributed by atoms with Crippen molar-refractivity contribution in [1.82, 2.24) is 0 Å². The third-order valence-corrected chi connectivity index (χ3v) is 2.62. The van der Waals surface area contributed by atoms with Crippen LogP contribution in [0.25, 0.3) is 0 Å². The lowest BCUT2D eigenvalue weighted by Crippen LogP contribution is -2.17. The summed E-state index contributed by atoms with van der Waals surface area (Å²) in [6.07, 6.45) is 1.98. The van der Waals surface area contributed by atoms with Crippen molar-refractivity contribution in [2.45, 2.75) is 6.23 Å². The van der Waals surface area contributed by atoms with Gasteiger partial charge in [-0.3, -0.25) is 4.79 Å². The third-order valence-electron chi connectivity index (χ3n) is 2.62. The van der Waals surface area contributed by atoms with Crippen molar-refractivity contribution in [3.05, 3.63) is 59.6 Å². The molecule has 0 bridgehead atoms. The predicted molar refractivity (Wildman–Crippen MR) is 60.0 cm³/mol. The largest absolute Gasteiger partial charge is 0.462 e. The molecule has 1 aromatic rings. The van der Waals surface area contributed by atoms with Crippen molar-refractivity contribution in [2.24, 2.45) is 4.99 Å². The van der Waals surface area contributed by atoms with E-state index in [1.807, 2.05) is 30.3 Å². The Hall–Kier alpha value is -2.23. The Labute approximate surface area is 96.9 Å². The molecule has 84 valence electrons. The summed E-state index contributed by atoms with van der Waals surface area (Å²) >= 11 is 0. The molecule has 0 saturated carbocycles. The molecular formula is C13H8FNO2. The lowest BCUT2D eigenvalue weighted by atomic mass is 10.1. The number of carbonyl (C=O) groups excluding carboxylic acids is 1. The number of ether oxygens (including phenoxy) is 1. The topological polar surface area (TPSA) is 38.7 Å². The summed E-state index contributed by atoms with van der Waals surface area (Å²) in [4.78, 5) is 15.6. The molecule has 17 heavy (non-hydrogen) atoms. The summed E-state index contributed by atoms with van der Waals surface area (Å²) < 4.78 is 18.6. The summed E-state index contributed by atoms with van der Waals surface area (Å²) in [6.45, 7) is 0. The van der Waals surface area contributed by atoms with Gasteiger partial charge in [0.25, 0.3) is 0 Å². The molecule has 2 aliphatic rings. The van der Waals surface area contributed by atoms with Gasteiger partial charge in [-0.1, -0.05) is 30.3 Å². The average molecular weight is 229 g/mol.